The number of halogens is 1. The minimum Gasteiger partial charge on any atom is -0.380 e. The van der Waals surface area contributed by atoms with Crippen molar-refractivity contribution in [2.75, 3.05) is 30.9 Å². The molecule has 43 heavy (non-hydrogen) atoms. The Morgan fingerprint density at radius 3 is 2.53 bits per heavy atom. The zero-order valence-electron chi connectivity index (χ0n) is 24.8. The van der Waals surface area contributed by atoms with Crippen molar-refractivity contribution in [2.24, 2.45) is 11.7 Å². The number of hydrogen-bond donors (Lipinski definition) is 2. The monoisotopic (exact) mass is 583 g/mol. The van der Waals surface area contributed by atoms with Gasteiger partial charge in [-0.1, -0.05) is 48.7 Å². The van der Waals surface area contributed by atoms with Crippen LogP contribution < -0.4 is 16.0 Å². The van der Waals surface area contributed by atoms with E-state index in [2.05, 4.69) is 11.4 Å². The van der Waals surface area contributed by atoms with Crippen LogP contribution >= 0.6 is 0 Å². The Kier molecular flexibility index (Phi) is 8.81. The number of aryl methyl sites for hydroxylation is 1. The second-order valence-electron chi connectivity index (χ2n) is 11.8. The average Bonchev–Trinajstić information content (AvgIpc) is 3.76. The molecule has 2 aliphatic rings. The van der Waals surface area contributed by atoms with E-state index in [0.717, 1.165) is 30.4 Å². The van der Waals surface area contributed by atoms with Crippen molar-refractivity contribution in [3.8, 4) is 6.07 Å². The van der Waals surface area contributed by atoms with Crippen molar-refractivity contribution in [2.45, 2.75) is 56.7 Å². The van der Waals surface area contributed by atoms with Crippen LogP contribution in [0.15, 0.2) is 66.7 Å². The molecular weight excluding hydrogens is 545 g/mol. The fourth-order valence-corrected chi connectivity index (χ4v) is 5.77. The summed E-state index contributed by atoms with van der Waals surface area (Å²) in [7, 11) is 3.21. The normalized spacial score (nSPS) is 19.4. The molecule has 0 spiro atoms. The average molecular weight is 584 g/mol. The Morgan fingerprint density at radius 2 is 1.86 bits per heavy atom. The van der Waals surface area contributed by atoms with Gasteiger partial charge in [-0.05, 0) is 73.2 Å². The first-order valence-corrected chi connectivity index (χ1v) is 14.7. The third-order valence-corrected chi connectivity index (χ3v) is 8.74. The summed E-state index contributed by atoms with van der Waals surface area (Å²) >= 11 is 0. The Labute approximate surface area is 252 Å². The molecule has 0 bridgehead atoms. The molecule has 3 aromatic carbocycles. The topological polar surface area (TPSA) is 112 Å². The van der Waals surface area contributed by atoms with Crippen LogP contribution in [0.5, 0.6) is 0 Å². The van der Waals surface area contributed by atoms with Gasteiger partial charge in [-0.25, -0.2) is 9.18 Å². The number of hydrogen-bond acceptors (Lipinski definition) is 5. The predicted octanol–water partition coefficient (Wildman–Crippen LogP) is 5.68. The highest BCUT2D eigenvalue weighted by molar-refractivity contribution is 6.00. The van der Waals surface area contributed by atoms with Gasteiger partial charge in [0.05, 0.1) is 29.0 Å². The highest BCUT2D eigenvalue weighted by Crippen LogP contribution is 2.41. The maximum atomic E-state index is 15.2. The lowest BCUT2D eigenvalue weighted by molar-refractivity contribution is -0.119. The number of ether oxygens (including phenoxy) is 1. The van der Waals surface area contributed by atoms with Crippen LogP contribution in [-0.2, 0) is 15.1 Å². The Balaban J connectivity index is 1.41. The minimum atomic E-state index is -0.990. The fourth-order valence-electron chi connectivity index (χ4n) is 5.77. The van der Waals surface area contributed by atoms with Gasteiger partial charge in [-0.2, -0.15) is 5.26 Å². The fraction of sp³-hybridized carbons (Fsp3) is 0.382. The summed E-state index contributed by atoms with van der Waals surface area (Å²) in [6, 6.07) is 20.2. The van der Waals surface area contributed by atoms with Gasteiger partial charge in [0, 0.05) is 32.8 Å². The van der Waals surface area contributed by atoms with Crippen molar-refractivity contribution in [3.63, 3.8) is 0 Å². The van der Waals surface area contributed by atoms with Gasteiger partial charge in [0.15, 0.2) is 0 Å². The lowest BCUT2D eigenvalue weighted by atomic mass is 9.79. The van der Waals surface area contributed by atoms with E-state index in [9.17, 15) is 14.9 Å². The van der Waals surface area contributed by atoms with E-state index >= 15 is 4.39 Å². The van der Waals surface area contributed by atoms with Crippen LogP contribution in [0.3, 0.4) is 0 Å². The summed E-state index contributed by atoms with van der Waals surface area (Å²) in [4.78, 5) is 30.2. The molecule has 2 fully saturated rings. The first kappa shape index (κ1) is 30.2. The van der Waals surface area contributed by atoms with E-state index in [1.54, 1.807) is 44.5 Å². The third-order valence-electron chi connectivity index (χ3n) is 8.74. The van der Waals surface area contributed by atoms with Gasteiger partial charge in [0.25, 0.3) is 0 Å². The molecule has 1 unspecified atom stereocenters. The summed E-state index contributed by atoms with van der Waals surface area (Å²) < 4.78 is 20.7. The van der Waals surface area contributed by atoms with Crippen molar-refractivity contribution in [1.82, 2.24) is 4.90 Å². The Morgan fingerprint density at radius 1 is 1.14 bits per heavy atom. The maximum absolute atomic E-state index is 15.2. The number of rotatable bonds is 9. The molecule has 1 heterocycles. The second-order valence-corrected chi connectivity index (χ2v) is 11.8. The van der Waals surface area contributed by atoms with E-state index in [-0.39, 0.29) is 30.8 Å². The highest BCUT2D eigenvalue weighted by atomic mass is 19.1. The summed E-state index contributed by atoms with van der Waals surface area (Å²) in [5.74, 6) is -0.504. The molecule has 1 saturated carbocycles. The third kappa shape index (κ3) is 6.56. The van der Waals surface area contributed by atoms with Gasteiger partial charge in [0.1, 0.15) is 11.9 Å². The molecular formula is C34H38FN5O3. The Hall–Kier alpha value is -4.26. The number of nitrogens with two attached hydrogens (primary N) is 1. The number of nitrogens with zero attached hydrogens (tertiary/aromatic N) is 3. The number of carbonyl (C=O) groups is 2. The van der Waals surface area contributed by atoms with Crippen molar-refractivity contribution in [3.05, 3.63) is 94.8 Å². The molecule has 1 aliphatic heterocycles. The zero-order valence-corrected chi connectivity index (χ0v) is 24.8. The number of urea groups is 1. The standard InChI is InChI=1S/C34H38FN5O3/c1-22-7-12-27(13-8-22)39(2)33(42)40-21-28(43-3)19-31(40)32(41)38-30-18-26(11-14-29(30)35)34(37,16-15-23-9-10-23)25-6-4-5-24(17-25)20-36/h4-8,11-14,17-18,23,28,31H,9-10,15-16,19,21,37H2,1-3H3,(H,38,41)/t28-,31-,34?/m1/s1. The predicted molar refractivity (Wildman–Crippen MR) is 164 cm³/mol. The molecule has 0 radical (unpaired) electrons. The first-order valence-electron chi connectivity index (χ1n) is 14.7. The van der Waals surface area contributed by atoms with E-state index < -0.39 is 23.3 Å². The molecule has 3 amide bonds. The van der Waals surface area contributed by atoms with Crippen LogP contribution in [0.1, 0.15) is 54.4 Å². The summed E-state index contributed by atoms with van der Waals surface area (Å²) in [5.41, 5.74) is 9.73. The van der Waals surface area contributed by atoms with Crippen LogP contribution in [0, 0.1) is 30.0 Å². The van der Waals surface area contributed by atoms with Gasteiger partial charge >= 0.3 is 6.03 Å². The lowest BCUT2D eigenvalue weighted by Gasteiger charge is -2.32. The molecule has 3 aromatic rings. The quantitative estimate of drug-likeness (QED) is 0.337. The number of amides is 3. The van der Waals surface area contributed by atoms with E-state index in [4.69, 9.17) is 10.5 Å². The molecule has 5 rings (SSSR count). The van der Waals surface area contributed by atoms with Gasteiger partial charge in [-0.3, -0.25) is 9.69 Å². The number of nitrogens with one attached hydrogen (secondary N) is 1. The number of anilines is 2. The summed E-state index contributed by atoms with van der Waals surface area (Å²) in [6.45, 7) is 2.20. The number of methoxy groups -OCH3 is 1. The van der Waals surface area contributed by atoms with Crippen molar-refractivity contribution < 1.29 is 18.7 Å². The SMILES string of the molecule is CO[C@@H]1C[C@H](C(=O)Nc2cc(C(N)(CCC3CC3)c3cccc(C#N)c3)ccc2F)N(C(=O)N(C)c2ccc(C)cc2)C1. The molecule has 1 aliphatic carbocycles. The molecule has 224 valence electrons. The molecule has 1 saturated heterocycles. The van der Waals surface area contributed by atoms with E-state index in [1.165, 1.54) is 15.9 Å². The largest absolute Gasteiger partial charge is 0.380 e. The zero-order chi connectivity index (χ0) is 30.7. The number of carbonyl (C=O) groups excluding carboxylic acids is 2. The van der Waals surface area contributed by atoms with Crippen LogP contribution in [-0.4, -0.2) is 49.7 Å². The van der Waals surface area contributed by atoms with Gasteiger partial charge in [-0.15, -0.1) is 0 Å². The summed E-state index contributed by atoms with van der Waals surface area (Å²) in [6.07, 6.45) is 3.78. The second kappa shape index (κ2) is 12.5. The number of nitriles is 1. The van der Waals surface area contributed by atoms with Gasteiger partial charge < -0.3 is 20.7 Å². The molecule has 9 heteroatoms. The van der Waals surface area contributed by atoms with Crippen molar-refractivity contribution >= 4 is 23.3 Å². The van der Waals surface area contributed by atoms with E-state index in [1.807, 2.05) is 37.3 Å². The minimum absolute atomic E-state index is 0.0136. The van der Waals surface area contributed by atoms with Crippen LogP contribution in [0.4, 0.5) is 20.6 Å². The van der Waals surface area contributed by atoms with Crippen molar-refractivity contribution in [1.29, 1.82) is 5.26 Å². The first-order chi connectivity index (χ1) is 20.6. The van der Waals surface area contributed by atoms with Gasteiger partial charge in [0.2, 0.25) is 5.91 Å². The smallest absolute Gasteiger partial charge is 0.324 e. The molecule has 8 nitrogen and oxygen atoms in total. The number of likely N-dealkylation sites (tertiary alicyclic amines) is 1. The molecule has 0 aromatic heterocycles. The Bertz CT molecular complexity index is 1530. The molecule has 3 atom stereocenters. The van der Waals surface area contributed by atoms with E-state index in [0.29, 0.717) is 29.2 Å². The lowest BCUT2D eigenvalue weighted by Crippen LogP contribution is -2.48. The number of benzene rings is 3. The maximum Gasteiger partial charge on any atom is 0.324 e. The summed E-state index contributed by atoms with van der Waals surface area (Å²) in [5, 5.41) is 12.2. The van der Waals surface area contributed by atoms with Crippen LogP contribution in [0.25, 0.3) is 0 Å². The van der Waals surface area contributed by atoms with Crippen LogP contribution in [0.2, 0.25) is 0 Å². The highest BCUT2D eigenvalue weighted by Gasteiger charge is 2.41. The molecule has 3 N–H and O–H groups in total.